The zero-order valence-electron chi connectivity index (χ0n) is 18.9. The molecule has 31 heavy (non-hydrogen) atoms. The highest BCUT2D eigenvalue weighted by molar-refractivity contribution is 6.33. The standard InChI is InChI=1S/C30H32O/c1-20(2)8-4-9-21(3)16-17-31-24-18-23-12-7-14-26-25-13-5-10-22-11-6-15-27(29(22)25)28(19-24)30(23)26/h5-7,10-15,18-21H,4,8-9,16-17H2,1-3H3. The third-order valence-electron chi connectivity index (χ3n) is 6.79. The van der Waals surface area contributed by atoms with Crippen molar-refractivity contribution in [2.24, 2.45) is 11.8 Å². The first-order valence-corrected chi connectivity index (χ1v) is 11.8. The van der Waals surface area contributed by atoms with Crippen LogP contribution in [0.15, 0.2) is 66.7 Å². The molecule has 5 aromatic carbocycles. The van der Waals surface area contributed by atoms with Gasteiger partial charge in [0, 0.05) is 0 Å². The topological polar surface area (TPSA) is 9.23 Å². The van der Waals surface area contributed by atoms with Gasteiger partial charge >= 0.3 is 0 Å². The van der Waals surface area contributed by atoms with E-state index in [9.17, 15) is 0 Å². The van der Waals surface area contributed by atoms with E-state index in [0.717, 1.165) is 24.7 Å². The van der Waals surface area contributed by atoms with Crippen LogP contribution in [0.3, 0.4) is 0 Å². The molecule has 1 unspecified atom stereocenters. The van der Waals surface area contributed by atoms with E-state index < -0.39 is 0 Å². The molecule has 158 valence electrons. The molecule has 0 spiro atoms. The summed E-state index contributed by atoms with van der Waals surface area (Å²) in [6.45, 7) is 7.76. The Morgan fingerprint density at radius 1 is 0.645 bits per heavy atom. The highest BCUT2D eigenvalue weighted by Crippen LogP contribution is 2.41. The molecule has 0 heterocycles. The first kappa shape index (κ1) is 20.1. The molecule has 0 bridgehead atoms. The van der Waals surface area contributed by atoms with Crippen molar-refractivity contribution >= 4 is 43.1 Å². The van der Waals surface area contributed by atoms with E-state index in [2.05, 4.69) is 87.5 Å². The van der Waals surface area contributed by atoms with E-state index in [-0.39, 0.29) is 0 Å². The van der Waals surface area contributed by atoms with Crippen molar-refractivity contribution in [2.45, 2.75) is 46.5 Å². The zero-order valence-corrected chi connectivity index (χ0v) is 18.9. The van der Waals surface area contributed by atoms with Gasteiger partial charge in [0.2, 0.25) is 0 Å². The summed E-state index contributed by atoms with van der Waals surface area (Å²) in [5.41, 5.74) is 0. The molecule has 0 N–H and O–H groups in total. The van der Waals surface area contributed by atoms with Crippen molar-refractivity contribution in [2.75, 3.05) is 6.61 Å². The van der Waals surface area contributed by atoms with Gasteiger partial charge in [0.25, 0.3) is 0 Å². The van der Waals surface area contributed by atoms with Crippen LogP contribution in [0.25, 0.3) is 43.1 Å². The van der Waals surface area contributed by atoms with Crippen molar-refractivity contribution in [3.05, 3.63) is 66.7 Å². The second-order valence-corrected chi connectivity index (χ2v) is 9.65. The SMILES string of the molecule is CC(C)CCCC(C)CCOc1cc2cccc3c4cccc5cccc(c(c1)c23)c54. The average molecular weight is 409 g/mol. The molecular formula is C30H32O. The van der Waals surface area contributed by atoms with Crippen molar-refractivity contribution < 1.29 is 4.74 Å². The van der Waals surface area contributed by atoms with Crippen LogP contribution in [-0.4, -0.2) is 6.61 Å². The van der Waals surface area contributed by atoms with Crippen LogP contribution in [0.2, 0.25) is 0 Å². The Balaban J connectivity index is 1.48. The molecular weight excluding hydrogens is 376 g/mol. The summed E-state index contributed by atoms with van der Waals surface area (Å²) in [5, 5.41) is 10.6. The van der Waals surface area contributed by atoms with Crippen molar-refractivity contribution in [1.29, 1.82) is 0 Å². The van der Waals surface area contributed by atoms with Gasteiger partial charge < -0.3 is 4.74 Å². The fourth-order valence-electron chi connectivity index (χ4n) is 5.11. The molecule has 0 aliphatic carbocycles. The van der Waals surface area contributed by atoms with Gasteiger partial charge in [-0.25, -0.2) is 0 Å². The second kappa shape index (κ2) is 8.38. The summed E-state index contributed by atoms with van der Waals surface area (Å²) in [4.78, 5) is 0. The summed E-state index contributed by atoms with van der Waals surface area (Å²) in [5.74, 6) is 2.51. The van der Waals surface area contributed by atoms with Crippen LogP contribution in [0.1, 0.15) is 46.5 Å². The Bertz CT molecular complexity index is 1330. The molecule has 0 aliphatic heterocycles. The zero-order chi connectivity index (χ0) is 21.4. The Morgan fingerprint density at radius 3 is 1.94 bits per heavy atom. The first-order valence-electron chi connectivity index (χ1n) is 11.8. The summed E-state index contributed by atoms with van der Waals surface area (Å²) < 4.78 is 6.30. The Labute approximate surface area is 185 Å². The van der Waals surface area contributed by atoms with Crippen LogP contribution < -0.4 is 4.74 Å². The van der Waals surface area contributed by atoms with Crippen molar-refractivity contribution in [1.82, 2.24) is 0 Å². The molecule has 1 nitrogen and oxygen atoms in total. The van der Waals surface area contributed by atoms with Crippen molar-refractivity contribution in [3.8, 4) is 5.75 Å². The molecule has 5 rings (SSSR count). The van der Waals surface area contributed by atoms with Crippen LogP contribution in [0, 0.1) is 11.8 Å². The molecule has 5 aromatic rings. The van der Waals surface area contributed by atoms with Gasteiger partial charge in [-0.15, -0.1) is 0 Å². The molecule has 0 aliphatic rings. The third kappa shape index (κ3) is 3.83. The molecule has 0 saturated heterocycles. The minimum Gasteiger partial charge on any atom is -0.494 e. The maximum atomic E-state index is 6.30. The molecule has 1 heteroatoms. The summed E-state index contributed by atoms with van der Waals surface area (Å²) in [6, 6.07) is 24.4. The lowest BCUT2D eigenvalue weighted by Crippen LogP contribution is -2.05. The van der Waals surface area contributed by atoms with Crippen LogP contribution in [0.5, 0.6) is 5.75 Å². The molecule has 0 radical (unpaired) electrons. The van der Waals surface area contributed by atoms with Gasteiger partial charge in [0.1, 0.15) is 5.75 Å². The van der Waals surface area contributed by atoms with Gasteiger partial charge in [0.15, 0.2) is 0 Å². The van der Waals surface area contributed by atoms with E-state index in [0.29, 0.717) is 5.92 Å². The maximum Gasteiger partial charge on any atom is 0.120 e. The molecule has 0 amide bonds. The van der Waals surface area contributed by atoms with Gasteiger partial charge in [0.05, 0.1) is 6.61 Å². The number of ether oxygens (including phenoxy) is 1. The van der Waals surface area contributed by atoms with Crippen LogP contribution in [-0.2, 0) is 0 Å². The Morgan fingerprint density at radius 2 is 1.26 bits per heavy atom. The quantitative estimate of drug-likeness (QED) is 0.184. The maximum absolute atomic E-state index is 6.30. The summed E-state index contributed by atoms with van der Waals surface area (Å²) >= 11 is 0. The Hall–Kier alpha value is -2.80. The predicted octanol–water partition coefficient (Wildman–Crippen LogP) is 8.97. The van der Waals surface area contributed by atoms with Gasteiger partial charge in [-0.05, 0) is 73.5 Å². The number of hydrogen-bond donors (Lipinski definition) is 0. The molecule has 0 aromatic heterocycles. The van der Waals surface area contributed by atoms with E-state index in [1.165, 1.54) is 62.4 Å². The van der Waals surface area contributed by atoms with Crippen molar-refractivity contribution in [3.63, 3.8) is 0 Å². The number of fused-ring (bicyclic) bond motifs is 2. The lowest BCUT2D eigenvalue weighted by atomic mass is 9.90. The lowest BCUT2D eigenvalue weighted by molar-refractivity contribution is 0.276. The van der Waals surface area contributed by atoms with Gasteiger partial charge in [-0.1, -0.05) is 94.6 Å². The number of hydrogen-bond acceptors (Lipinski definition) is 1. The predicted molar refractivity (Wildman–Crippen MR) is 136 cm³/mol. The molecule has 1 atom stereocenters. The highest BCUT2D eigenvalue weighted by Gasteiger charge is 2.14. The van der Waals surface area contributed by atoms with Crippen LogP contribution >= 0.6 is 0 Å². The van der Waals surface area contributed by atoms with Gasteiger partial charge in [-0.3, -0.25) is 0 Å². The summed E-state index contributed by atoms with van der Waals surface area (Å²) in [7, 11) is 0. The minimum absolute atomic E-state index is 0.713. The monoisotopic (exact) mass is 408 g/mol. The Kier molecular flexibility index (Phi) is 5.44. The van der Waals surface area contributed by atoms with E-state index >= 15 is 0 Å². The molecule has 0 fully saturated rings. The number of benzene rings is 5. The molecule has 0 saturated carbocycles. The fraction of sp³-hybridized carbons (Fsp3) is 0.333. The van der Waals surface area contributed by atoms with E-state index in [1.54, 1.807) is 0 Å². The van der Waals surface area contributed by atoms with E-state index in [4.69, 9.17) is 4.74 Å². The normalized spacial score (nSPS) is 13.2. The summed E-state index contributed by atoms with van der Waals surface area (Å²) in [6.07, 6.45) is 5.07. The lowest BCUT2D eigenvalue weighted by Gasteiger charge is -2.17. The third-order valence-corrected chi connectivity index (χ3v) is 6.79. The minimum atomic E-state index is 0.713. The largest absolute Gasteiger partial charge is 0.494 e. The second-order valence-electron chi connectivity index (χ2n) is 9.65. The fourth-order valence-corrected chi connectivity index (χ4v) is 5.11. The average Bonchev–Trinajstić information content (AvgIpc) is 2.76. The van der Waals surface area contributed by atoms with Crippen LogP contribution in [0.4, 0.5) is 0 Å². The highest BCUT2D eigenvalue weighted by atomic mass is 16.5. The number of rotatable bonds is 8. The van der Waals surface area contributed by atoms with Gasteiger partial charge in [-0.2, -0.15) is 0 Å². The van der Waals surface area contributed by atoms with E-state index in [1.807, 2.05) is 0 Å². The smallest absolute Gasteiger partial charge is 0.120 e. The first-order chi connectivity index (χ1) is 15.1.